The van der Waals surface area contributed by atoms with Gasteiger partial charge in [0.15, 0.2) is 0 Å². The summed E-state index contributed by atoms with van der Waals surface area (Å²) in [4.78, 5) is 1.30. The summed E-state index contributed by atoms with van der Waals surface area (Å²) < 4.78 is 14.4. The van der Waals surface area contributed by atoms with Crippen molar-refractivity contribution >= 4 is 33.0 Å². The van der Waals surface area contributed by atoms with Crippen molar-refractivity contribution in [3.63, 3.8) is 0 Å². The average molecular weight is 320 g/mol. The zero-order valence-corrected chi connectivity index (χ0v) is 13.1. The standard InChI is InChI=1S/C17H15ClFNS/c1-11(17-9-13-4-2-3-5-16(13)21-17)20-10-12-6-7-15(19)14(18)8-12/h2-9,11,20H,10H2,1H3. The van der Waals surface area contributed by atoms with Crippen molar-refractivity contribution in [2.24, 2.45) is 0 Å². The van der Waals surface area contributed by atoms with E-state index in [1.807, 2.05) is 0 Å². The van der Waals surface area contributed by atoms with Gasteiger partial charge in [-0.05, 0) is 42.1 Å². The van der Waals surface area contributed by atoms with Crippen LogP contribution in [0.4, 0.5) is 4.39 Å². The molecular weight excluding hydrogens is 305 g/mol. The van der Waals surface area contributed by atoms with Crippen LogP contribution in [0.5, 0.6) is 0 Å². The van der Waals surface area contributed by atoms with Crippen LogP contribution in [0.3, 0.4) is 0 Å². The van der Waals surface area contributed by atoms with Crippen molar-refractivity contribution in [2.75, 3.05) is 0 Å². The third kappa shape index (κ3) is 3.26. The van der Waals surface area contributed by atoms with Gasteiger partial charge in [0.1, 0.15) is 5.82 Å². The van der Waals surface area contributed by atoms with Crippen LogP contribution in [0.2, 0.25) is 5.02 Å². The molecule has 1 atom stereocenters. The van der Waals surface area contributed by atoms with Gasteiger partial charge in [-0.25, -0.2) is 4.39 Å². The Kier molecular flexibility index (Phi) is 4.24. The monoisotopic (exact) mass is 319 g/mol. The van der Waals surface area contributed by atoms with Crippen LogP contribution in [-0.2, 0) is 6.54 Å². The second kappa shape index (κ2) is 6.14. The first-order chi connectivity index (χ1) is 10.1. The number of halogens is 2. The van der Waals surface area contributed by atoms with E-state index in [9.17, 15) is 4.39 Å². The smallest absolute Gasteiger partial charge is 0.141 e. The van der Waals surface area contributed by atoms with Gasteiger partial charge in [0.05, 0.1) is 5.02 Å². The quantitative estimate of drug-likeness (QED) is 0.665. The van der Waals surface area contributed by atoms with E-state index in [1.54, 1.807) is 23.5 Å². The molecule has 1 heterocycles. The lowest BCUT2D eigenvalue weighted by Crippen LogP contribution is -2.17. The number of benzene rings is 2. The first-order valence-corrected chi connectivity index (χ1v) is 7.99. The third-order valence-corrected chi connectivity index (χ3v) is 5.06. The Labute approximate surface area is 132 Å². The average Bonchev–Trinajstić information content (AvgIpc) is 2.92. The lowest BCUT2D eigenvalue weighted by molar-refractivity contribution is 0.581. The molecule has 0 aliphatic rings. The maximum absolute atomic E-state index is 13.1. The van der Waals surface area contributed by atoms with Gasteiger partial charge < -0.3 is 5.32 Å². The molecule has 3 rings (SSSR count). The molecule has 1 N–H and O–H groups in total. The Bertz CT molecular complexity index is 735. The van der Waals surface area contributed by atoms with Gasteiger partial charge in [0.25, 0.3) is 0 Å². The molecule has 4 heteroatoms. The van der Waals surface area contributed by atoms with Crippen LogP contribution in [0.15, 0.2) is 48.5 Å². The highest BCUT2D eigenvalue weighted by Gasteiger charge is 2.09. The van der Waals surface area contributed by atoms with Gasteiger partial charge in [-0.1, -0.05) is 35.9 Å². The van der Waals surface area contributed by atoms with Crippen molar-refractivity contribution in [2.45, 2.75) is 19.5 Å². The maximum Gasteiger partial charge on any atom is 0.141 e. The molecule has 108 valence electrons. The fraction of sp³-hybridized carbons (Fsp3) is 0.176. The summed E-state index contributed by atoms with van der Waals surface area (Å²) in [7, 11) is 0. The molecule has 0 saturated heterocycles. The van der Waals surface area contributed by atoms with E-state index in [4.69, 9.17) is 11.6 Å². The number of nitrogens with one attached hydrogen (secondary N) is 1. The van der Waals surface area contributed by atoms with Gasteiger partial charge in [0.2, 0.25) is 0 Å². The van der Waals surface area contributed by atoms with E-state index in [1.165, 1.54) is 21.0 Å². The first kappa shape index (κ1) is 14.5. The predicted molar refractivity (Wildman–Crippen MR) is 88.5 cm³/mol. The van der Waals surface area contributed by atoms with Gasteiger partial charge in [-0.2, -0.15) is 0 Å². The highest BCUT2D eigenvalue weighted by atomic mass is 35.5. The summed E-state index contributed by atoms with van der Waals surface area (Å²) in [5.41, 5.74) is 0.981. The topological polar surface area (TPSA) is 12.0 Å². The summed E-state index contributed by atoms with van der Waals surface area (Å²) >= 11 is 7.60. The molecule has 3 aromatic rings. The molecule has 2 aromatic carbocycles. The van der Waals surface area contributed by atoms with Crippen molar-refractivity contribution < 1.29 is 4.39 Å². The van der Waals surface area contributed by atoms with Crippen LogP contribution >= 0.6 is 22.9 Å². The molecule has 0 radical (unpaired) electrons. The Balaban J connectivity index is 1.70. The van der Waals surface area contributed by atoms with Crippen LogP contribution in [0.25, 0.3) is 10.1 Å². The minimum absolute atomic E-state index is 0.170. The maximum atomic E-state index is 13.1. The van der Waals surface area contributed by atoms with E-state index in [0.717, 1.165) is 5.56 Å². The molecule has 0 bridgehead atoms. The molecule has 1 unspecified atom stereocenters. The normalized spacial score (nSPS) is 12.7. The van der Waals surface area contributed by atoms with E-state index in [2.05, 4.69) is 42.6 Å². The molecule has 1 nitrogen and oxygen atoms in total. The van der Waals surface area contributed by atoms with Crippen LogP contribution < -0.4 is 5.32 Å². The van der Waals surface area contributed by atoms with Crippen LogP contribution in [-0.4, -0.2) is 0 Å². The number of thiophene rings is 1. The zero-order valence-electron chi connectivity index (χ0n) is 11.6. The molecule has 21 heavy (non-hydrogen) atoms. The Morgan fingerprint density at radius 2 is 2.00 bits per heavy atom. The summed E-state index contributed by atoms with van der Waals surface area (Å²) in [6, 6.07) is 15.7. The number of hydrogen-bond acceptors (Lipinski definition) is 2. The van der Waals surface area contributed by atoms with Crippen molar-refractivity contribution in [3.05, 3.63) is 69.8 Å². The molecule has 0 aliphatic carbocycles. The van der Waals surface area contributed by atoms with Gasteiger partial charge in [-0.15, -0.1) is 11.3 Å². The third-order valence-electron chi connectivity index (χ3n) is 3.47. The lowest BCUT2D eigenvalue weighted by atomic mass is 10.2. The minimum atomic E-state index is -0.377. The minimum Gasteiger partial charge on any atom is -0.305 e. The van der Waals surface area contributed by atoms with E-state index < -0.39 is 0 Å². The first-order valence-electron chi connectivity index (χ1n) is 6.79. The summed E-state index contributed by atoms with van der Waals surface area (Å²) in [5, 5.41) is 4.90. The van der Waals surface area contributed by atoms with E-state index in [0.29, 0.717) is 6.54 Å². The van der Waals surface area contributed by atoms with Crippen LogP contribution in [0, 0.1) is 5.82 Å². The Morgan fingerprint density at radius 3 is 2.76 bits per heavy atom. The van der Waals surface area contributed by atoms with Crippen LogP contribution in [0.1, 0.15) is 23.4 Å². The zero-order chi connectivity index (χ0) is 14.8. The summed E-state index contributed by atoms with van der Waals surface area (Å²) in [6.45, 7) is 2.80. The molecule has 1 aromatic heterocycles. The highest BCUT2D eigenvalue weighted by Crippen LogP contribution is 2.29. The second-order valence-electron chi connectivity index (χ2n) is 5.04. The van der Waals surface area contributed by atoms with E-state index >= 15 is 0 Å². The van der Waals surface area contributed by atoms with Crippen molar-refractivity contribution in [1.82, 2.24) is 5.32 Å². The number of fused-ring (bicyclic) bond motifs is 1. The summed E-state index contributed by atoms with van der Waals surface area (Å²) in [6.07, 6.45) is 0. The van der Waals surface area contributed by atoms with Crippen molar-refractivity contribution in [3.8, 4) is 0 Å². The highest BCUT2D eigenvalue weighted by molar-refractivity contribution is 7.19. The number of hydrogen-bond donors (Lipinski definition) is 1. The fourth-order valence-electron chi connectivity index (χ4n) is 2.24. The molecule has 0 amide bonds. The van der Waals surface area contributed by atoms with Crippen molar-refractivity contribution in [1.29, 1.82) is 0 Å². The molecular formula is C17H15ClFNS. The fourth-order valence-corrected chi connectivity index (χ4v) is 3.53. The second-order valence-corrected chi connectivity index (χ2v) is 6.56. The molecule has 0 spiro atoms. The van der Waals surface area contributed by atoms with Gasteiger partial charge in [-0.3, -0.25) is 0 Å². The largest absolute Gasteiger partial charge is 0.305 e. The predicted octanol–water partition coefficient (Wildman–Crippen LogP) is 5.54. The Hall–Kier alpha value is -1.42. The number of rotatable bonds is 4. The molecule has 0 fully saturated rings. The molecule has 0 saturated carbocycles. The molecule has 0 aliphatic heterocycles. The van der Waals surface area contributed by atoms with Gasteiger partial charge >= 0.3 is 0 Å². The Morgan fingerprint density at radius 1 is 1.19 bits per heavy atom. The summed E-state index contributed by atoms with van der Waals surface area (Å²) in [5.74, 6) is -0.377. The van der Waals surface area contributed by atoms with Gasteiger partial charge in [0, 0.05) is 22.2 Å². The lowest BCUT2D eigenvalue weighted by Gasteiger charge is -2.12. The van der Waals surface area contributed by atoms with E-state index in [-0.39, 0.29) is 16.9 Å². The SMILES string of the molecule is CC(NCc1ccc(F)c(Cl)c1)c1cc2ccccc2s1.